The molecule has 0 saturated heterocycles. The molecule has 0 aliphatic heterocycles. The van der Waals surface area contributed by atoms with Gasteiger partial charge in [-0.25, -0.2) is 13.9 Å². The summed E-state index contributed by atoms with van der Waals surface area (Å²) in [6.07, 6.45) is 0.698. The highest BCUT2D eigenvalue weighted by Gasteiger charge is 2.18. The topological polar surface area (TPSA) is 90.4 Å². The summed E-state index contributed by atoms with van der Waals surface area (Å²) in [6, 6.07) is 12.1. The predicted molar refractivity (Wildman–Crippen MR) is 116 cm³/mol. The standard InChI is InChI=1S/C21H20ClN5O3/c1-3-10-25-19(29)15-6-4-5-7-17(15)27-20(25)24-26(21(27)30)12-18(28)23-16-11-14(22)9-8-13(16)2/h4-9,11H,3,10,12H2,1-2H3,(H,23,28). The fourth-order valence-electron chi connectivity index (χ4n) is 3.45. The number of carbonyl (C=O) groups excluding carboxylic acids is 1. The summed E-state index contributed by atoms with van der Waals surface area (Å²) in [6.45, 7) is 3.91. The third-order valence-corrected chi connectivity index (χ3v) is 5.13. The maximum Gasteiger partial charge on any atom is 0.352 e. The van der Waals surface area contributed by atoms with Crippen molar-refractivity contribution in [3.05, 3.63) is 73.9 Å². The number of para-hydroxylation sites is 1. The van der Waals surface area contributed by atoms with Gasteiger partial charge in [0.25, 0.3) is 5.56 Å². The largest absolute Gasteiger partial charge is 0.352 e. The first-order chi connectivity index (χ1) is 14.4. The lowest BCUT2D eigenvalue weighted by Gasteiger charge is -2.08. The number of hydrogen-bond acceptors (Lipinski definition) is 4. The fraction of sp³-hybridized carbons (Fsp3) is 0.238. The zero-order valence-corrected chi connectivity index (χ0v) is 17.3. The lowest BCUT2D eigenvalue weighted by atomic mass is 10.2. The Kier molecular flexibility index (Phi) is 5.17. The molecule has 0 saturated carbocycles. The molecular weight excluding hydrogens is 406 g/mol. The van der Waals surface area contributed by atoms with E-state index in [0.29, 0.717) is 34.6 Å². The number of benzene rings is 2. The smallest absolute Gasteiger partial charge is 0.324 e. The van der Waals surface area contributed by atoms with Gasteiger partial charge in [-0.2, -0.15) is 0 Å². The van der Waals surface area contributed by atoms with Crippen LogP contribution in [-0.4, -0.2) is 24.7 Å². The predicted octanol–water partition coefficient (Wildman–Crippen LogP) is 2.82. The van der Waals surface area contributed by atoms with Crippen molar-refractivity contribution in [1.29, 1.82) is 0 Å². The van der Waals surface area contributed by atoms with Gasteiger partial charge in [0.05, 0.1) is 10.9 Å². The number of anilines is 1. The van der Waals surface area contributed by atoms with Gasteiger partial charge in [-0.05, 0) is 43.2 Å². The van der Waals surface area contributed by atoms with E-state index in [1.165, 1.54) is 8.97 Å². The lowest BCUT2D eigenvalue weighted by Crippen LogP contribution is -2.29. The van der Waals surface area contributed by atoms with Crippen LogP contribution in [0.3, 0.4) is 0 Å². The van der Waals surface area contributed by atoms with Crippen molar-refractivity contribution in [2.24, 2.45) is 0 Å². The second-order valence-corrected chi connectivity index (χ2v) is 7.49. The molecule has 0 unspecified atom stereocenters. The van der Waals surface area contributed by atoms with Gasteiger partial charge in [0, 0.05) is 17.3 Å². The Bertz CT molecular complexity index is 1400. The molecule has 9 heteroatoms. The van der Waals surface area contributed by atoms with Crippen molar-refractivity contribution in [3.63, 3.8) is 0 Å². The fourth-order valence-corrected chi connectivity index (χ4v) is 3.62. The van der Waals surface area contributed by atoms with Gasteiger partial charge in [-0.1, -0.05) is 36.7 Å². The third kappa shape index (κ3) is 3.39. The van der Waals surface area contributed by atoms with Crippen molar-refractivity contribution in [2.75, 3.05) is 5.32 Å². The first kappa shape index (κ1) is 19.9. The van der Waals surface area contributed by atoms with Gasteiger partial charge in [-0.15, -0.1) is 5.10 Å². The highest BCUT2D eigenvalue weighted by atomic mass is 35.5. The molecule has 2 aromatic heterocycles. The van der Waals surface area contributed by atoms with Crippen molar-refractivity contribution in [1.82, 2.24) is 18.7 Å². The Labute approximate surface area is 176 Å². The average Bonchev–Trinajstić information content (AvgIpc) is 3.04. The van der Waals surface area contributed by atoms with Gasteiger partial charge < -0.3 is 5.32 Å². The quantitative estimate of drug-likeness (QED) is 0.532. The summed E-state index contributed by atoms with van der Waals surface area (Å²) in [5, 5.41) is 7.99. The minimum atomic E-state index is -0.482. The van der Waals surface area contributed by atoms with E-state index < -0.39 is 11.6 Å². The minimum Gasteiger partial charge on any atom is -0.324 e. The number of fused-ring (bicyclic) bond motifs is 3. The summed E-state index contributed by atoms with van der Waals surface area (Å²) >= 11 is 6.00. The summed E-state index contributed by atoms with van der Waals surface area (Å²) < 4.78 is 3.92. The van der Waals surface area contributed by atoms with Crippen molar-refractivity contribution in [3.8, 4) is 0 Å². The van der Waals surface area contributed by atoms with Crippen LogP contribution in [0.4, 0.5) is 5.69 Å². The normalized spacial score (nSPS) is 11.3. The van der Waals surface area contributed by atoms with Crippen molar-refractivity contribution < 1.29 is 4.79 Å². The maximum absolute atomic E-state index is 13.1. The molecule has 4 rings (SSSR count). The molecule has 1 amide bonds. The Morgan fingerprint density at radius 2 is 1.93 bits per heavy atom. The average molecular weight is 426 g/mol. The number of rotatable bonds is 5. The first-order valence-electron chi connectivity index (χ1n) is 9.58. The van der Waals surface area contributed by atoms with E-state index in [1.54, 1.807) is 42.5 Å². The molecule has 0 aliphatic rings. The molecule has 2 aromatic carbocycles. The van der Waals surface area contributed by atoms with E-state index >= 15 is 0 Å². The number of carbonyl (C=O) groups is 1. The number of nitrogens with one attached hydrogen (secondary N) is 1. The monoisotopic (exact) mass is 425 g/mol. The van der Waals surface area contributed by atoms with Crippen LogP contribution in [0, 0.1) is 6.92 Å². The minimum absolute atomic E-state index is 0.212. The van der Waals surface area contributed by atoms with Crippen LogP contribution in [-0.2, 0) is 17.9 Å². The van der Waals surface area contributed by atoms with E-state index in [1.807, 2.05) is 13.8 Å². The number of amides is 1. The van der Waals surface area contributed by atoms with Crippen molar-refractivity contribution in [2.45, 2.75) is 33.4 Å². The van der Waals surface area contributed by atoms with Crippen LogP contribution in [0.2, 0.25) is 5.02 Å². The van der Waals surface area contributed by atoms with Gasteiger partial charge in [0.2, 0.25) is 11.7 Å². The molecule has 0 atom stereocenters. The summed E-state index contributed by atoms with van der Waals surface area (Å²) in [5.74, 6) is -0.197. The number of nitrogens with zero attached hydrogens (tertiary/aromatic N) is 4. The molecule has 0 bridgehead atoms. The molecule has 0 aliphatic carbocycles. The van der Waals surface area contributed by atoms with E-state index in [-0.39, 0.29) is 17.9 Å². The maximum atomic E-state index is 13.1. The van der Waals surface area contributed by atoms with Gasteiger partial charge >= 0.3 is 5.69 Å². The van der Waals surface area contributed by atoms with Crippen LogP contribution in [0.25, 0.3) is 16.7 Å². The molecule has 0 spiro atoms. The van der Waals surface area contributed by atoms with Crippen LogP contribution < -0.4 is 16.6 Å². The van der Waals surface area contributed by atoms with Crippen molar-refractivity contribution >= 4 is 39.9 Å². The SMILES string of the molecule is CCCn1c(=O)c2ccccc2n2c(=O)n(CC(=O)Nc3cc(Cl)ccc3C)nc12. The van der Waals surface area contributed by atoms with Crippen LogP contribution >= 0.6 is 11.6 Å². The molecule has 0 fully saturated rings. The number of hydrogen-bond donors (Lipinski definition) is 1. The molecule has 154 valence electrons. The summed E-state index contributed by atoms with van der Waals surface area (Å²) in [7, 11) is 0. The number of aryl methyl sites for hydroxylation is 2. The van der Waals surface area contributed by atoms with E-state index in [4.69, 9.17) is 11.6 Å². The number of halogens is 1. The van der Waals surface area contributed by atoms with Gasteiger partial charge in [-0.3, -0.25) is 14.2 Å². The molecule has 0 radical (unpaired) electrons. The summed E-state index contributed by atoms with van der Waals surface area (Å²) in [5.41, 5.74) is 1.18. The highest BCUT2D eigenvalue weighted by Crippen LogP contribution is 2.20. The zero-order chi connectivity index (χ0) is 21.4. The van der Waals surface area contributed by atoms with Crippen LogP contribution in [0.1, 0.15) is 18.9 Å². The Morgan fingerprint density at radius 3 is 2.70 bits per heavy atom. The molecule has 30 heavy (non-hydrogen) atoms. The molecular formula is C21H20ClN5O3. The third-order valence-electron chi connectivity index (χ3n) is 4.90. The van der Waals surface area contributed by atoms with E-state index in [9.17, 15) is 14.4 Å². The van der Waals surface area contributed by atoms with Gasteiger partial charge in [0.15, 0.2) is 0 Å². The highest BCUT2D eigenvalue weighted by molar-refractivity contribution is 6.31. The second kappa shape index (κ2) is 7.79. The summed E-state index contributed by atoms with van der Waals surface area (Å²) in [4.78, 5) is 38.5. The van der Waals surface area contributed by atoms with Crippen LogP contribution in [0.15, 0.2) is 52.1 Å². The molecule has 8 nitrogen and oxygen atoms in total. The first-order valence-corrected chi connectivity index (χ1v) is 9.95. The Balaban J connectivity index is 1.80. The van der Waals surface area contributed by atoms with Gasteiger partial charge in [0.1, 0.15) is 6.54 Å². The lowest BCUT2D eigenvalue weighted by molar-refractivity contribution is -0.117. The second-order valence-electron chi connectivity index (χ2n) is 7.06. The molecule has 2 heterocycles. The molecule has 1 N–H and O–H groups in total. The number of aromatic nitrogens is 4. The van der Waals surface area contributed by atoms with E-state index in [0.717, 1.165) is 10.2 Å². The van der Waals surface area contributed by atoms with E-state index in [2.05, 4.69) is 10.4 Å². The molecule has 4 aromatic rings. The Hall–Kier alpha value is -3.39. The Morgan fingerprint density at radius 1 is 1.17 bits per heavy atom. The van der Waals surface area contributed by atoms with Crippen LogP contribution in [0.5, 0.6) is 0 Å². The zero-order valence-electron chi connectivity index (χ0n) is 16.6.